The molecule has 2 aromatic rings. The molecule has 0 saturated heterocycles. The van der Waals surface area contributed by atoms with Gasteiger partial charge >= 0.3 is 128 Å². The molecule has 0 aliphatic heterocycles. The van der Waals surface area contributed by atoms with Gasteiger partial charge in [-0.05, 0) is 0 Å². The van der Waals surface area contributed by atoms with Crippen molar-refractivity contribution < 1.29 is 18.0 Å². The van der Waals surface area contributed by atoms with Crippen LogP contribution in [-0.2, 0) is 12.7 Å². The van der Waals surface area contributed by atoms with E-state index in [1.807, 2.05) is 6.07 Å². The summed E-state index contributed by atoms with van der Waals surface area (Å²) in [5.41, 5.74) is -0.273. The summed E-state index contributed by atoms with van der Waals surface area (Å²) in [5, 5.41) is 2.51. The minimum atomic E-state index is -4.43. The van der Waals surface area contributed by atoms with Crippen LogP contribution in [0.3, 0.4) is 0 Å². The van der Waals surface area contributed by atoms with E-state index in [1.165, 1.54) is 18.2 Å². The Hall–Kier alpha value is -1.74. The molecule has 108 valence electrons. The molecule has 0 unspecified atom stereocenters. The van der Waals surface area contributed by atoms with Gasteiger partial charge in [-0.1, -0.05) is 0 Å². The standard InChI is InChI=1S/C15H11AsF3NO/c16-12-6-3-5-10(8-12)14(21)20-9-11-4-1-2-7-13(11)15(17,18)19/h1-8H,9H2,(H,20,21). The fourth-order valence-electron chi connectivity index (χ4n) is 1.88. The molecule has 0 bridgehead atoms. The van der Waals surface area contributed by atoms with Crippen molar-refractivity contribution in [2.75, 3.05) is 0 Å². The van der Waals surface area contributed by atoms with Gasteiger partial charge in [0.25, 0.3) is 0 Å². The van der Waals surface area contributed by atoms with Gasteiger partial charge in [-0.25, -0.2) is 0 Å². The number of hydrogen-bond donors (Lipinski definition) is 1. The molecule has 0 saturated carbocycles. The summed E-state index contributed by atoms with van der Waals surface area (Å²) in [7, 11) is 0. The SMILES string of the molecule is O=C(NCc1ccccc1C(F)(F)F)c1cccc([As])c1. The Labute approximate surface area is 128 Å². The normalized spacial score (nSPS) is 11.2. The third kappa shape index (κ3) is 4.11. The molecule has 2 aromatic carbocycles. The van der Waals surface area contributed by atoms with E-state index in [1.54, 1.807) is 18.2 Å². The van der Waals surface area contributed by atoms with Crippen molar-refractivity contribution >= 4 is 27.1 Å². The molecular formula is C15H11AsF3NO. The van der Waals surface area contributed by atoms with E-state index in [-0.39, 0.29) is 12.1 Å². The fraction of sp³-hybridized carbons (Fsp3) is 0.133. The molecule has 0 aliphatic carbocycles. The van der Waals surface area contributed by atoms with Crippen LogP contribution in [0.15, 0.2) is 48.5 Å². The third-order valence-electron chi connectivity index (χ3n) is 2.87. The molecule has 0 aliphatic rings. The van der Waals surface area contributed by atoms with Crippen molar-refractivity contribution in [3.05, 3.63) is 65.2 Å². The quantitative estimate of drug-likeness (QED) is 0.844. The molecule has 0 fully saturated rings. The maximum absolute atomic E-state index is 12.8. The van der Waals surface area contributed by atoms with Crippen LogP contribution in [0.2, 0.25) is 0 Å². The summed E-state index contributed by atoms with van der Waals surface area (Å²) in [6.45, 7) is -0.169. The van der Waals surface area contributed by atoms with Gasteiger partial charge in [0, 0.05) is 0 Å². The van der Waals surface area contributed by atoms with Gasteiger partial charge in [-0.3, -0.25) is 0 Å². The number of nitrogens with one attached hydrogen (secondary N) is 1. The van der Waals surface area contributed by atoms with Gasteiger partial charge in [0.15, 0.2) is 0 Å². The van der Waals surface area contributed by atoms with Crippen LogP contribution in [0.4, 0.5) is 13.2 Å². The van der Waals surface area contributed by atoms with Crippen LogP contribution in [0.1, 0.15) is 21.5 Å². The fourth-order valence-corrected chi connectivity index (χ4v) is 2.35. The zero-order chi connectivity index (χ0) is 15.5. The number of halogens is 3. The first kappa shape index (κ1) is 15.6. The van der Waals surface area contributed by atoms with E-state index in [0.29, 0.717) is 5.56 Å². The molecule has 0 spiro atoms. The predicted octanol–water partition coefficient (Wildman–Crippen LogP) is 2.43. The van der Waals surface area contributed by atoms with Crippen LogP contribution in [0, 0.1) is 0 Å². The molecule has 0 heterocycles. The second-order valence-electron chi connectivity index (χ2n) is 4.39. The summed E-state index contributed by atoms with van der Waals surface area (Å²) in [6.07, 6.45) is -4.43. The van der Waals surface area contributed by atoms with Crippen LogP contribution in [0.5, 0.6) is 0 Å². The topological polar surface area (TPSA) is 29.1 Å². The van der Waals surface area contributed by atoms with Crippen molar-refractivity contribution in [3.63, 3.8) is 0 Å². The molecule has 2 rings (SSSR count). The van der Waals surface area contributed by atoms with Crippen molar-refractivity contribution in [2.45, 2.75) is 12.7 Å². The molecule has 6 heteroatoms. The molecule has 2 radical (unpaired) electrons. The van der Waals surface area contributed by atoms with E-state index < -0.39 is 17.6 Å². The molecule has 1 N–H and O–H groups in total. The molecule has 0 atom stereocenters. The first-order chi connectivity index (χ1) is 9.88. The van der Waals surface area contributed by atoms with E-state index in [2.05, 4.69) is 22.2 Å². The molecule has 1 amide bonds. The van der Waals surface area contributed by atoms with Gasteiger partial charge in [0.1, 0.15) is 0 Å². The minimum absolute atomic E-state index is 0.0433. The van der Waals surface area contributed by atoms with Crippen LogP contribution in [0.25, 0.3) is 0 Å². The van der Waals surface area contributed by atoms with Crippen LogP contribution >= 0.6 is 0 Å². The summed E-state index contributed by atoms with van der Waals surface area (Å²) < 4.78 is 39.4. The summed E-state index contributed by atoms with van der Waals surface area (Å²) in [5.74, 6) is -0.403. The third-order valence-corrected chi connectivity index (χ3v) is 3.45. The first-order valence-electron chi connectivity index (χ1n) is 6.10. The maximum atomic E-state index is 12.8. The van der Waals surface area contributed by atoms with Gasteiger partial charge in [-0.15, -0.1) is 0 Å². The second kappa shape index (κ2) is 6.35. The Balaban J connectivity index is 2.12. The van der Waals surface area contributed by atoms with Crippen LogP contribution in [-0.4, -0.2) is 22.8 Å². The summed E-state index contributed by atoms with van der Waals surface area (Å²) in [6, 6.07) is 12.0. The summed E-state index contributed by atoms with van der Waals surface area (Å²) in [4.78, 5) is 11.9. The van der Waals surface area contributed by atoms with Gasteiger partial charge in [0.05, 0.1) is 0 Å². The Morgan fingerprint density at radius 1 is 1.10 bits per heavy atom. The van der Waals surface area contributed by atoms with Crippen LogP contribution < -0.4 is 9.67 Å². The van der Waals surface area contributed by atoms with E-state index >= 15 is 0 Å². The number of carbonyl (C=O) groups excluding carboxylic acids is 1. The average Bonchev–Trinajstić information content (AvgIpc) is 2.44. The number of hydrogen-bond acceptors (Lipinski definition) is 1. The zero-order valence-electron chi connectivity index (χ0n) is 10.8. The number of rotatable bonds is 3. The van der Waals surface area contributed by atoms with Crippen molar-refractivity contribution in [3.8, 4) is 0 Å². The van der Waals surface area contributed by atoms with Crippen molar-refractivity contribution in [1.29, 1.82) is 0 Å². The van der Waals surface area contributed by atoms with Crippen molar-refractivity contribution in [1.82, 2.24) is 5.32 Å². The summed E-state index contributed by atoms with van der Waals surface area (Å²) >= 11 is 2.31. The Morgan fingerprint density at radius 2 is 1.81 bits per heavy atom. The Kier molecular flexibility index (Phi) is 4.73. The Bertz CT molecular complexity index is 655. The van der Waals surface area contributed by atoms with E-state index in [4.69, 9.17) is 0 Å². The van der Waals surface area contributed by atoms with E-state index in [0.717, 1.165) is 10.4 Å². The monoisotopic (exact) mass is 353 g/mol. The first-order valence-corrected chi connectivity index (χ1v) is 7.04. The Morgan fingerprint density at radius 3 is 2.48 bits per heavy atom. The number of alkyl halides is 3. The van der Waals surface area contributed by atoms with E-state index in [9.17, 15) is 18.0 Å². The molecule has 21 heavy (non-hydrogen) atoms. The zero-order valence-corrected chi connectivity index (χ0v) is 12.7. The molecule has 2 nitrogen and oxygen atoms in total. The number of carbonyl (C=O) groups is 1. The average molecular weight is 353 g/mol. The molecule has 0 aromatic heterocycles. The predicted molar refractivity (Wildman–Crippen MR) is 74.4 cm³/mol. The van der Waals surface area contributed by atoms with Crippen molar-refractivity contribution in [2.24, 2.45) is 0 Å². The molecular weight excluding hydrogens is 342 g/mol. The second-order valence-corrected chi connectivity index (χ2v) is 5.47. The van der Waals surface area contributed by atoms with Gasteiger partial charge in [-0.2, -0.15) is 0 Å². The van der Waals surface area contributed by atoms with Gasteiger partial charge in [0.2, 0.25) is 0 Å². The number of amides is 1. The number of benzene rings is 2. The van der Waals surface area contributed by atoms with Gasteiger partial charge < -0.3 is 0 Å².